The molecule has 2 aliphatic rings. The van der Waals surface area contributed by atoms with Crippen LogP contribution in [0.3, 0.4) is 0 Å². The van der Waals surface area contributed by atoms with Crippen molar-refractivity contribution in [3.63, 3.8) is 0 Å². The topological polar surface area (TPSA) is 118 Å². The Morgan fingerprint density at radius 2 is 1.78 bits per heavy atom. The number of pyridine rings is 1. The number of imidazole rings is 1. The van der Waals surface area contributed by atoms with Gasteiger partial charge in [-0.2, -0.15) is 9.49 Å². The van der Waals surface area contributed by atoms with Crippen molar-refractivity contribution in [1.29, 1.82) is 0 Å². The maximum atomic E-state index is 13.4. The van der Waals surface area contributed by atoms with Gasteiger partial charge < -0.3 is 15.3 Å². The Morgan fingerprint density at radius 1 is 1.05 bits per heavy atom. The predicted octanol–water partition coefficient (Wildman–Crippen LogP) is 3.26. The van der Waals surface area contributed by atoms with Crippen molar-refractivity contribution in [3.05, 3.63) is 77.1 Å². The molecule has 0 spiro atoms. The molecule has 2 fully saturated rings. The molecule has 1 aliphatic carbocycles. The molecule has 3 aromatic heterocycles. The highest BCUT2D eigenvalue weighted by molar-refractivity contribution is 5.79. The van der Waals surface area contributed by atoms with E-state index in [1.807, 2.05) is 4.90 Å². The first-order valence-electron chi connectivity index (χ1n) is 13.9. The first-order chi connectivity index (χ1) is 19.8. The molecule has 10 nitrogen and oxygen atoms in total. The molecule has 0 bridgehead atoms. The number of likely N-dealkylation sites (tertiary alicyclic amines) is 1. The summed E-state index contributed by atoms with van der Waals surface area (Å²) in [7, 11) is 0. The number of hydrogen-bond acceptors (Lipinski definition) is 7. The monoisotopic (exact) mass is 563 g/mol. The van der Waals surface area contributed by atoms with Crippen LogP contribution < -0.4 is 10.9 Å². The van der Waals surface area contributed by atoms with Crippen LogP contribution in [0.25, 0.3) is 16.9 Å². The molecule has 4 aromatic rings. The fourth-order valence-electron chi connectivity index (χ4n) is 5.89. The van der Waals surface area contributed by atoms with Gasteiger partial charge in [0.05, 0.1) is 24.0 Å². The average Bonchev–Trinajstić information content (AvgIpc) is 3.40. The van der Waals surface area contributed by atoms with Crippen molar-refractivity contribution in [2.45, 2.75) is 56.7 Å². The van der Waals surface area contributed by atoms with E-state index in [2.05, 4.69) is 20.4 Å². The lowest BCUT2D eigenvalue weighted by Crippen LogP contribution is -2.51. The Balaban J connectivity index is 1.04. The Bertz CT molecular complexity index is 1600. The van der Waals surface area contributed by atoms with Crippen molar-refractivity contribution in [3.8, 4) is 11.3 Å². The normalized spacial score (nSPS) is 20.7. The van der Waals surface area contributed by atoms with Crippen LogP contribution in [0.1, 0.15) is 38.5 Å². The van der Waals surface area contributed by atoms with Gasteiger partial charge in [0.25, 0.3) is 5.56 Å². The number of rotatable bonds is 6. The summed E-state index contributed by atoms with van der Waals surface area (Å²) in [6.45, 7) is 0.855. The minimum absolute atomic E-state index is 0.0427. The third kappa shape index (κ3) is 5.69. The molecular formula is C29H31F2N7O3. The molecule has 1 saturated carbocycles. The molecule has 1 aromatic carbocycles. The Kier molecular flexibility index (Phi) is 7.24. The fraction of sp³-hybridized carbons (Fsp3) is 0.414. The second kappa shape index (κ2) is 11.0. The number of fused-ring (bicyclic) bond motifs is 1. The summed E-state index contributed by atoms with van der Waals surface area (Å²) in [6.07, 6.45) is 6.63. The number of hydrogen-bond donors (Lipinski definition) is 2. The molecule has 2 N–H and O–H groups in total. The van der Waals surface area contributed by atoms with Gasteiger partial charge in [-0.3, -0.25) is 14.2 Å². The van der Waals surface area contributed by atoms with Crippen LogP contribution in [0.4, 0.5) is 14.6 Å². The molecule has 0 atom stereocenters. The van der Waals surface area contributed by atoms with Gasteiger partial charge >= 0.3 is 0 Å². The maximum absolute atomic E-state index is 13.4. The third-order valence-electron chi connectivity index (χ3n) is 8.25. The molecule has 12 heteroatoms. The summed E-state index contributed by atoms with van der Waals surface area (Å²) >= 11 is 0. The zero-order valence-electron chi connectivity index (χ0n) is 22.4. The number of halogens is 2. The number of aromatic nitrogens is 5. The summed E-state index contributed by atoms with van der Waals surface area (Å²) in [6, 6.07) is 10.7. The largest absolute Gasteiger partial charge is 0.388 e. The molecule has 0 unspecified atom stereocenters. The molecule has 6 rings (SSSR count). The number of benzene rings is 1. The van der Waals surface area contributed by atoms with Crippen LogP contribution in [-0.4, -0.2) is 64.8 Å². The number of carbonyl (C=O) groups excluding carboxylic acids is 1. The van der Waals surface area contributed by atoms with Gasteiger partial charge in [-0.1, -0.05) is 6.07 Å². The highest BCUT2D eigenvalue weighted by atomic mass is 19.1. The van der Waals surface area contributed by atoms with E-state index in [0.717, 1.165) is 25.7 Å². The van der Waals surface area contributed by atoms with E-state index in [-0.39, 0.29) is 41.4 Å². The van der Waals surface area contributed by atoms with Crippen molar-refractivity contribution in [1.82, 2.24) is 29.0 Å². The van der Waals surface area contributed by atoms with E-state index < -0.39 is 11.5 Å². The summed E-state index contributed by atoms with van der Waals surface area (Å²) in [5.74, 6) is -0.364. The van der Waals surface area contributed by atoms with Crippen LogP contribution in [-0.2, 0) is 11.3 Å². The molecule has 214 valence electrons. The fourth-order valence-corrected chi connectivity index (χ4v) is 5.89. The van der Waals surface area contributed by atoms with Gasteiger partial charge in [0.1, 0.15) is 18.0 Å². The molecule has 4 heterocycles. The minimum atomic E-state index is -1.16. The second-order valence-electron chi connectivity index (χ2n) is 11.0. The van der Waals surface area contributed by atoms with Crippen molar-refractivity contribution in [2.75, 3.05) is 18.4 Å². The minimum Gasteiger partial charge on any atom is -0.388 e. The van der Waals surface area contributed by atoms with E-state index in [9.17, 15) is 23.5 Å². The Hall–Kier alpha value is -4.19. The van der Waals surface area contributed by atoms with E-state index >= 15 is 0 Å². The lowest BCUT2D eigenvalue weighted by Gasteiger charge is -2.40. The van der Waals surface area contributed by atoms with E-state index in [1.54, 1.807) is 24.3 Å². The number of amides is 1. The van der Waals surface area contributed by atoms with E-state index in [0.29, 0.717) is 43.0 Å². The van der Waals surface area contributed by atoms with Gasteiger partial charge in [0.2, 0.25) is 17.5 Å². The van der Waals surface area contributed by atoms with Gasteiger partial charge in [0, 0.05) is 30.6 Å². The number of carbonyl (C=O) groups is 1. The molecular weight excluding hydrogens is 532 g/mol. The summed E-state index contributed by atoms with van der Waals surface area (Å²) < 4.78 is 29.5. The molecule has 1 saturated heterocycles. The number of nitrogens with one attached hydrogen (secondary N) is 1. The van der Waals surface area contributed by atoms with Crippen LogP contribution in [0, 0.1) is 17.7 Å². The number of anilines is 1. The maximum Gasteiger partial charge on any atom is 0.296 e. The smallest absolute Gasteiger partial charge is 0.296 e. The number of aliphatic hydroxyl groups is 1. The van der Waals surface area contributed by atoms with Crippen LogP contribution in [0.2, 0.25) is 0 Å². The zero-order valence-corrected chi connectivity index (χ0v) is 22.4. The van der Waals surface area contributed by atoms with Crippen molar-refractivity contribution in [2.24, 2.45) is 5.92 Å². The standard InChI is InChI=1S/C29H31F2N7O3/c30-21-8-4-19(5-9-21)23-16-32-26-28(40)37(18-33-38(23)26)17-29(41)12-14-36(15-13-29)27(39)20-6-10-22(11-7-20)34-25-3-1-2-24(31)35-25/h1-5,8-9,16,18,20,22,41H,6-7,10-15,17H2,(H,34,35). The number of piperidine rings is 1. The second-order valence-corrected chi connectivity index (χ2v) is 11.0. The summed E-state index contributed by atoms with van der Waals surface area (Å²) in [5.41, 5.74) is -0.204. The van der Waals surface area contributed by atoms with E-state index in [4.69, 9.17) is 0 Å². The molecule has 41 heavy (non-hydrogen) atoms. The lowest BCUT2D eigenvalue weighted by atomic mass is 9.84. The number of nitrogens with zero attached hydrogens (tertiary/aromatic N) is 6. The highest BCUT2D eigenvalue weighted by Crippen LogP contribution is 2.31. The van der Waals surface area contributed by atoms with Gasteiger partial charge in [-0.05, 0) is 74.9 Å². The first kappa shape index (κ1) is 27.0. The summed E-state index contributed by atoms with van der Waals surface area (Å²) in [4.78, 5) is 36.3. The van der Waals surface area contributed by atoms with Crippen LogP contribution in [0.5, 0.6) is 0 Å². The zero-order chi connectivity index (χ0) is 28.6. The van der Waals surface area contributed by atoms with Crippen LogP contribution >= 0.6 is 0 Å². The Labute approximate surface area is 234 Å². The van der Waals surface area contributed by atoms with Gasteiger partial charge in [-0.25, -0.2) is 18.9 Å². The molecule has 1 amide bonds. The average molecular weight is 564 g/mol. The van der Waals surface area contributed by atoms with Crippen molar-refractivity contribution >= 4 is 17.4 Å². The molecule has 0 radical (unpaired) electrons. The molecule has 1 aliphatic heterocycles. The van der Waals surface area contributed by atoms with Crippen LogP contribution in [0.15, 0.2) is 59.8 Å². The SMILES string of the molecule is O=C(C1CCC(Nc2cccc(F)n2)CC1)N1CCC(O)(Cn2cnn3c(-c4ccc(F)cc4)cnc3c2=O)CC1. The van der Waals surface area contributed by atoms with Gasteiger partial charge in [-0.15, -0.1) is 0 Å². The highest BCUT2D eigenvalue weighted by Gasteiger charge is 2.37. The first-order valence-corrected chi connectivity index (χ1v) is 13.9. The quantitative estimate of drug-likeness (QED) is 0.346. The predicted molar refractivity (Wildman–Crippen MR) is 147 cm³/mol. The van der Waals surface area contributed by atoms with E-state index in [1.165, 1.54) is 39.8 Å². The van der Waals surface area contributed by atoms with Gasteiger partial charge in [0.15, 0.2) is 0 Å². The summed E-state index contributed by atoms with van der Waals surface area (Å²) in [5, 5.41) is 18.9. The third-order valence-corrected chi connectivity index (χ3v) is 8.25. The van der Waals surface area contributed by atoms with Crippen molar-refractivity contribution < 1.29 is 18.7 Å². The Morgan fingerprint density at radius 3 is 2.49 bits per heavy atom. The lowest BCUT2D eigenvalue weighted by molar-refractivity contribution is -0.141.